The maximum Gasteiger partial charge on any atom is 0.320 e. The predicted octanol–water partition coefficient (Wildman–Crippen LogP) is -2.14. The van der Waals surface area contributed by atoms with E-state index in [1.807, 2.05) is 0 Å². The van der Waals surface area contributed by atoms with Crippen molar-refractivity contribution in [3.8, 4) is 0 Å². The van der Waals surface area contributed by atoms with Gasteiger partial charge in [0.15, 0.2) is 0 Å². The molecule has 1 saturated heterocycles. The second-order valence-electron chi connectivity index (χ2n) is 4.96. The zero-order chi connectivity index (χ0) is 19.2. The third-order valence-electron chi connectivity index (χ3n) is 2.82. The SMILES string of the molecule is CCOC(=O)CN1CCOC(=O)C1.O=C(O)CN(CCO)CC(=O)O. The first-order chi connectivity index (χ1) is 11.8. The molecule has 0 aliphatic carbocycles. The van der Waals surface area contributed by atoms with Crippen molar-refractivity contribution < 1.29 is 44.0 Å². The summed E-state index contributed by atoms with van der Waals surface area (Å²) in [6.07, 6.45) is 0. The molecule has 0 aromatic rings. The number of hydrogen-bond acceptors (Lipinski definition) is 9. The van der Waals surface area contributed by atoms with Crippen molar-refractivity contribution in [3.63, 3.8) is 0 Å². The fourth-order valence-electron chi connectivity index (χ4n) is 1.86. The highest BCUT2D eigenvalue weighted by Gasteiger charge is 2.20. The van der Waals surface area contributed by atoms with Crippen molar-refractivity contribution in [2.45, 2.75) is 6.92 Å². The molecule has 0 amide bonds. The van der Waals surface area contributed by atoms with E-state index in [-0.39, 0.29) is 51.3 Å². The van der Waals surface area contributed by atoms with Crippen molar-refractivity contribution in [1.29, 1.82) is 0 Å². The molecule has 0 saturated carbocycles. The van der Waals surface area contributed by atoms with Gasteiger partial charge in [0.25, 0.3) is 0 Å². The first-order valence-corrected chi connectivity index (χ1v) is 7.58. The Kier molecular flexibility index (Phi) is 11.9. The third kappa shape index (κ3) is 12.8. The maximum atomic E-state index is 11.0. The first kappa shape index (κ1) is 22.8. The Balaban J connectivity index is 0.000000463. The van der Waals surface area contributed by atoms with E-state index in [2.05, 4.69) is 0 Å². The molecule has 0 aromatic heterocycles. The number of carboxylic acids is 2. The maximum absolute atomic E-state index is 11.0. The number of aliphatic carboxylic acids is 2. The molecule has 0 bridgehead atoms. The molecule has 1 fully saturated rings. The monoisotopic (exact) mass is 364 g/mol. The summed E-state index contributed by atoms with van der Waals surface area (Å²) in [7, 11) is 0. The van der Waals surface area contributed by atoms with Gasteiger partial charge in [-0.15, -0.1) is 0 Å². The zero-order valence-corrected chi connectivity index (χ0v) is 14.0. The lowest BCUT2D eigenvalue weighted by Crippen LogP contribution is -2.42. The summed E-state index contributed by atoms with van der Waals surface area (Å²) in [5.41, 5.74) is 0. The molecule has 0 aromatic carbocycles. The molecule has 0 atom stereocenters. The summed E-state index contributed by atoms with van der Waals surface area (Å²) in [6, 6.07) is 0. The van der Waals surface area contributed by atoms with Gasteiger partial charge < -0.3 is 24.8 Å². The summed E-state index contributed by atoms with van der Waals surface area (Å²) < 4.78 is 9.46. The Labute approximate surface area is 144 Å². The topological polar surface area (TPSA) is 154 Å². The summed E-state index contributed by atoms with van der Waals surface area (Å²) in [5.74, 6) is -2.79. The van der Waals surface area contributed by atoms with Gasteiger partial charge in [-0.1, -0.05) is 0 Å². The van der Waals surface area contributed by atoms with Crippen molar-refractivity contribution in [2.75, 3.05) is 59.1 Å². The van der Waals surface area contributed by atoms with E-state index in [0.717, 1.165) is 4.90 Å². The Morgan fingerprint density at radius 3 is 2.28 bits per heavy atom. The zero-order valence-electron chi connectivity index (χ0n) is 14.0. The molecule has 144 valence electrons. The first-order valence-electron chi connectivity index (χ1n) is 7.58. The van der Waals surface area contributed by atoms with Crippen molar-refractivity contribution in [2.24, 2.45) is 0 Å². The largest absolute Gasteiger partial charge is 0.480 e. The van der Waals surface area contributed by atoms with Gasteiger partial charge in [0.2, 0.25) is 0 Å². The Morgan fingerprint density at radius 1 is 1.24 bits per heavy atom. The number of aliphatic hydroxyl groups is 1. The number of carboxylic acid groups (broad SMARTS) is 2. The molecule has 25 heavy (non-hydrogen) atoms. The van der Waals surface area contributed by atoms with Gasteiger partial charge in [-0.2, -0.15) is 0 Å². The summed E-state index contributed by atoms with van der Waals surface area (Å²) in [6.45, 7) is 2.50. The van der Waals surface area contributed by atoms with Gasteiger partial charge in [0.05, 0.1) is 39.4 Å². The number of hydrogen-bond donors (Lipinski definition) is 3. The lowest BCUT2D eigenvalue weighted by Gasteiger charge is -2.24. The van der Waals surface area contributed by atoms with Crippen molar-refractivity contribution >= 4 is 23.9 Å². The Bertz CT molecular complexity index is 440. The minimum Gasteiger partial charge on any atom is -0.480 e. The number of rotatable bonds is 9. The van der Waals surface area contributed by atoms with Gasteiger partial charge in [0, 0.05) is 13.1 Å². The van der Waals surface area contributed by atoms with E-state index in [1.165, 1.54) is 0 Å². The second-order valence-corrected chi connectivity index (χ2v) is 4.96. The lowest BCUT2D eigenvalue weighted by molar-refractivity contribution is -0.154. The third-order valence-corrected chi connectivity index (χ3v) is 2.82. The van der Waals surface area contributed by atoms with Crippen LogP contribution in [-0.2, 0) is 28.7 Å². The van der Waals surface area contributed by atoms with E-state index >= 15 is 0 Å². The quantitative estimate of drug-likeness (QED) is 0.384. The molecule has 0 spiro atoms. The van der Waals surface area contributed by atoms with Crippen LogP contribution in [0.5, 0.6) is 0 Å². The molecule has 0 radical (unpaired) electrons. The average Bonchev–Trinajstić information content (AvgIpc) is 2.47. The predicted molar refractivity (Wildman–Crippen MR) is 82.8 cm³/mol. The van der Waals surface area contributed by atoms with Crippen LogP contribution in [0.15, 0.2) is 0 Å². The van der Waals surface area contributed by atoms with Crippen molar-refractivity contribution in [1.82, 2.24) is 9.80 Å². The Hall–Kier alpha value is -2.24. The molecule has 1 aliphatic heterocycles. The molecule has 0 unspecified atom stereocenters. The molecule has 1 heterocycles. The number of carbonyl (C=O) groups excluding carboxylic acids is 2. The normalized spacial score (nSPS) is 14.3. The molecule has 1 aliphatic rings. The highest BCUT2D eigenvalue weighted by Crippen LogP contribution is 1.98. The van der Waals surface area contributed by atoms with E-state index in [1.54, 1.807) is 11.8 Å². The van der Waals surface area contributed by atoms with Crippen LogP contribution in [0.4, 0.5) is 0 Å². The second kappa shape index (κ2) is 13.1. The molecule has 1 rings (SSSR count). The fourth-order valence-corrected chi connectivity index (χ4v) is 1.86. The van der Waals surface area contributed by atoms with Gasteiger partial charge in [-0.25, -0.2) is 0 Å². The minimum atomic E-state index is -1.11. The number of aliphatic hydroxyl groups excluding tert-OH is 1. The molecule has 3 N–H and O–H groups in total. The average molecular weight is 364 g/mol. The van der Waals surface area contributed by atoms with Gasteiger partial charge >= 0.3 is 23.9 Å². The van der Waals surface area contributed by atoms with Gasteiger partial charge in [-0.3, -0.25) is 29.0 Å². The van der Waals surface area contributed by atoms with Crippen LogP contribution in [-0.4, -0.2) is 108 Å². The van der Waals surface area contributed by atoms with Crippen LogP contribution in [0.2, 0.25) is 0 Å². The van der Waals surface area contributed by atoms with Crippen LogP contribution >= 0.6 is 0 Å². The number of morpholine rings is 1. The highest BCUT2D eigenvalue weighted by molar-refractivity contribution is 5.75. The summed E-state index contributed by atoms with van der Waals surface area (Å²) >= 11 is 0. The van der Waals surface area contributed by atoms with Crippen LogP contribution in [0.3, 0.4) is 0 Å². The van der Waals surface area contributed by atoms with Crippen LogP contribution in [0.25, 0.3) is 0 Å². The fraction of sp³-hybridized carbons (Fsp3) is 0.714. The van der Waals surface area contributed by atoms with Gasteiger partial charge in [-0.05, 0) is 6.92 Å². The van der Waals surface area contributed by atoms with E-state index < -0.39 is 11.9 Å². The lowest BCUT2D eigenvalue weighted by atomic mass is 10.4. The molecule has 11 heteroatoms. The van der Waals surface area contributed by atoms with Crippen LogP contribution in [0.1, 0.15) is 6.92 Å². The molecular formula is C14H24N2O9. The van der Waals surface area contributed by atoms with E-state index in [4.69, 9.17) is 24.8 Å². The molecular weight excluding hydrogens is 340 g/mol. The summed E-state index contributed by atoms with van der Waals surface area (Å²) in [4.78, 5) is 44.9. The molecule has 11 nitrogen and oxygen atoms in total. The Morgan fingerprint density at radius 2 is 1.84 bits per heavy atom. The van der Waals surface area contributed by atoms with Gasteiger partial charge in [0.1, 0.15) is 6.61 Å². The minimum absolute atomic E-state index is 0.0542. The van der Waals surface area contributed by atoms with E-state index in [9.17, 15) is 19.2 Å². The summed E-state index contributed by atoms with van der Waals surface area (Å²) in [5, 5.41) is 25.0. The standard InChI is InChI=1S/C8H13NO4.C6H11NO5/c1-2-12-7(10)5-9-3-4-13-8(11)6-9;8-2-1-7(3-5(9)10)4-6(11)12/h2-6H2,1H3;8H,1-4H2,(H,9,10)(H,11,12). The van der Waals surface area contributed by atoms with E-state index in [0.29, 0.717) is 19.8 Å². The number of esters is 2. The number of nitrogens with zero attached hydrogens (tertiary/aromatic N) is 2. The number of cyclic esters (lactones) is 1. The number of carbonyl (C=O) groups is 4. The van der Waals surface area contributed by atoms with Crippen LogP contribution < -0.4 is 0 Å². The smallest absolute Gasteiger partial charge is 0.320 e. The highest BCUT2D eigenvalue weighted by atomic mass is 16.5. The van der Waals surface area contributed by atoms with Crippen LogP contribution in [0, 0.1) is 0 Å². The number of ether oxygens (including phenoxy) is 2. The van der Waals surface area contributed by atoms with Crippen molar-refractivity contribution in [3.05, 3.63) is 0 Å².